The smallest absolute Gasteiger partial charge is 0.203 e. The number of rotatable bonds is 0. The van der Waals surface area contributed by atoms with E-state index in [1.807, 2.05) is 6.92 Å². The van der Waals surface area contributed by atoms with E-state index >= 15 is 0 Å². The lowest BCUT2D eigenvalue weighted by Gasteiger charge is -1.86. The minimum absolute atomic E-state index is 1.02. The van der Waals surface area contributed by atoms with E-state index in [0.717, 1.165) is 24.7 Å². The predicted octanol–water partition coefficient (Wildman–Crippen LogP) is 0.617. The Balaban J connectivity index is 2.51. The fraction of sp³-hybridized carbons (Fsp3) is 0.500. The first-order valence-corrected chi connectivity index (χ1v) is 3.14. The van der Waals surface area contributed by atoms with E-state index in [9.17, 15) is 0 Å². The van der Waals surface area contributed by atoms with Crippen LogP contribution in [0.1, 0.15) is 5.69 Å². The Labute approximate surface area is 53.7 Å². The molecule has 9 heavy (non-hydrogen) atoms. The number of nitrogens with zero attached hydrogens (tertiary/aromatic N) is 2. The average molecular weight is 123 g/mol. The van der Waals surface area contributed by atoms with E-state index in [1.54, 1.807) is 0 Å². The van der Waals surface area contributed by atoms with Gasteiger partial charge in [0, 0.05) is 19.3 Å². The van der Waals surface area contributed by atoms with Crippen molar-refractivity contribution in [3.05, 3.63) is 11.9 Å². The molecule has 2 heterocycles. The van der Waals surface area contributed by atoms with Gasteiger partial charge in [-0.25, -0.2) is 4.98 Å². The molecule has 1 aromatic rings. The molecule has 0 aromatic carbocycles. The zero-order valence-corrected chi connectivity index (χ0v) is 5.39. The van der Waals surface area contributed by atoms with Crippen LogP contribution in [0, 0.1) is 6.92 Å². The van der Waals surface area contributed by atoms with Crippen LogP contribution in [0.4, 0.5) is 5.95 Å². The molecule has 48 valence electrons. The number of fused-ring (bicyclic) bond motifs is 1. The highest BCUT2D eigenvalue weighted by Gasteiger charge is 2.09. The number of aryl methyl sites for hydroxylation is 1. The maximum absolute atomic E-state index is 4.24. The molecule has 0 atom stereocenters. The van der Waals surface area contributed by atoms with E-state index < -0.39 is 0 Å². The molecule has 1 N–H and O–H groups in total. The van der Waals surface area contributed by atoms with Gasteiger partial charge in [0.15, 0.2) is 0 Å². The van der Waals surface area contributed by atoms with Crippen molar-refractivity contribution in [1.82, 2.24) is 9.55 Å². The number of anilines is 1. The number of hydrogen-bond donors (Lipinski definition) is 1. The summed E-state index contributed by atoms with van der Waals surface area (Å²) in [7, 11) is 0. The van der Waals surface area contributed by atoms with E-state index in [2.05, 4.69) is 21.1 Å². The highest BCUT2D eigenvalue weighted by molar-refractivity contribution is 5.31. The molecule has 0 spiro atoms. The van der Waals surface area contributed by atoms with Gasteiger partial charge in [0.25, 0.3) is 0 Å². The topological polar surface area (TPSA) is 29.9 Å². The molecule has 1 aromatic heterocycles. The third-order valence-corrected chi connectivity index (χ3v) is 1.53. The van der Waals surface area contributed by atoms with Gasteiger partial charge < -0.3 is 9.88 Å². The SMILES string of the molecule is Cc1cn2c(n1)NCC2. The standard InChI is InChI=1S/C6H9N3/c1-5-4-9-3-2-7-6(9)8-5/h4H,2-3H2,1H3,(H,7,8). The summed E-state index contributed by atoms with van der Waals surface area (Å²) in [6, 6.07) is 0. The molecular formula is C6H9N3. The maximum atomic E-state index is 4.24. The van der Waals surface area contributed by atoms with Crippen molar-refractivity contribution < 1.29 is 0 Å². The van der Waals surface area contributed by atoms with Crippen LogP contribution in [-0.4, -0.2) is 16.1 Å². The Morgan fingerprint density at radius 1 is 1.78 bits per heavy atom. The van der Waals surface area contributed by atoms with Crippen LogP contribution in [0.25, 0.3) is 0 Å². The summed E-state index contributed by atoms with van der Waals surface area (Å²) in [5.41, 5.74) is 1.09. The molecule has 0 unspecified atom stereocenters. The summed E-state index contributed by atoms with van der Waals surface area (Å²) in [4.78, 5) is 4.24. The fourth-order valence-electron chi connectivity index (χ4n) is 1.15. The zero-order valence-electron chi connectivity index (χ0n) is 5.39. The van der Waals surface area contributed by atoms with Gasteiger partial charge in [0.1, 0.15) is 0 Å². The lowest BCUT2D eigenvalue weighted by atomic mass is 10.5. The van der Waals surface area contributed by atoms with E-state index in [4.69, 9.17) is 0 Å². The molecule has 1 aliphatic rings. The Kier molecular flexibility index (Phi) is 0.806. The summed E-state index contributed by atoms with van der Waals surface area (Å²) >= 11 is 0. The predicted molar refractivity (Wildman–Crippen MR) is 35.5 cm³/mol. The number of aromatic nitrogens is 2. The van der Waals surface area contributed by atoms with Crippen molar-refractivity contribution in [2.24, 2.45) is 0 Å². The van der Waals surface area contributed by atoms with Crippen molar-refractivity contribution in [2.75, 3.05) is 11.9 Å². The van der Waals surface area contributed by atoms with Gasteiger partial charge >= 0.3 is 0 Å². The molecule has 3 heteroatoms. The highest BCUT2D eigenvalue weighted by atomic mass is 15.3. The Bertz CT molecular complexity index is 205. The molecule has 1 aliphatic heterocycles. The summed E-state index contributed by atoms with van der Waals surface area (Å²) in [5, 5.41) is 3.17. The van der Waals surface area contributed by atoms with E-state index in [-0.39, 0.29) is 0 Å². The Morgan fingerprint density at radius 2 is 2.67 bits per heavy atom. The second-order valence-electron chi connectivity index (χ2n) is 2.33. The number of imidazole rings is 1. The molecule has 0 radical (unpaired) electrons. The monoisotopic (exact) mass is 123 g/mol. The lowest BCUT2D eigenvalue weighted by Crippen LogP contribution is -1.94. The lowest BCUT2D eigenvalue weighted by molar-refractivity contribution is 0.808. The minimum Gasteiger partial charge on any atom is -0.354 e. The van der Waals surface area contributed by atoms with Gasteiger partial charge in [0.2, 0.25) is 5.95 Å². The largest absolute Gasteiger partial charge is 0.354 e. The van der Waals surface area contributed by atoms with E-state index in [0.29, 0.717) is 0 Å². The molecule has 0 fully saturated rings. The van der Waals surface area contributed by atoms with Crippen molar-refractivity contribution in [3.8, 4) is 0 Å². The van der Waals surface area contributed by atoms with Gasteiger partial charge in [-0.1, -0.05) is 0 Å². The highest BCUT2D eigenvalue weighted by Crippen LogP contribution is 2.11. The second-order valence-corrected chi connectivity index (χ2v) is 2.33. The van der Waals surface area contributed by atoms with Crippen LogP contribution in [0.3, 0.4) is 0 Å². The fourth-order valence-corrected chi connectivity index (χ4v) is 1.15. The Morgan fingerprint density at radius 3 is 3.44 bits per heavy atom. The van der Waals surface area contributed by atoms with Gasteiger partial charge in [-0.2, -0.15) is 0 Å². The molecule has 0 amide bonds. The molecule has 2 rings (SSSR count). The first kappa shape index (κ1) is 4.85. The summed E-state index contributed by atoms with van der Waals surface area (Å²) in [6.07, 6.45) is 2.06. The molecule has 0 aliphatic carbocycles. The summed E-state index contributed by atoms with van der Waals surface area (Å²) in [5.74, 6) is 1.02. The molecule has 3 nitrogen and oxygen atoms in total. The van der Waals surface area contributed by atoms with Crippen LogP contribution < -0.4 is 5.32 Å². The third kappa shape index (κ3) is 0.608. The van der Waals surface area contributed by atoms with Crippen LogP contribution in [0.5, 0.6) is 0 Å². The van der Waals surface area contributed by atoms with Crippen LogP contribution in [0.2, 0.25) is 0 Å². The number of hydrogen-bond acceptors (Lipinski definition) is 2. The van der Waals surface area contributed by atoms with Crippen LogP contribution in [-0.2, 0) is 6.54 Å². The zero-order chi connectivity index (χ0) is 6.27. The average Bonchev–Trinajstić information content (AvgIpc) is 2.22. The minimum atomic E-state index is 1.02. The quantitative estimate of drug-likeness (QED) is 0.548. The first-order chi connectivity index (χ1) is 4.36. The van der Waals surface area contributed by atoms with Gasteiger partial charge in [-0.05, 0) is 6.92 Å². The first-order valence-electron chi connectivity index (χ1n) is 3.14. The third-order valence-electron chi connectivity index (χ3n) is 1.53. The Hall–Kier alpha value is -0.990. The molecular weight excluding hydrogens is 114 g/mol. The van der Waals surface area contributed by atoms with Crippen molar-refractivity contribution in [3.63, 3.8) is 0 Å². The van der Waals surface area contributed by atoms with Crippen LogP contribution in [0.15, 0.2) is 6.20 Å². The van der Waals surface area contributed by atoms with Crippen molar-refractivity contribution in [2.45, 2.75) is 13.5 Å². The normalized spacial score (nSPS) is 15.2. The second kappa shape index (κ2) is 1.50. The summed E-state index contributed by atoms with van der Waals surface area (Å²) in [6.45, 7) is 4.10. The maximum Gasteiger partial charge on any atom is 0.203 e. The van der Waals surface area contributed by atoms with Gasteiger partial charge in [-0.15, -0.1) is 0 Å². The molecule has 0 bridgehead atoms. The molecule has 0 saturated heterocycles. The van der Waals surface area contributed by atoms with Crippen LogP contribution >= 0.6 is 0 Å². The van der Waals surface area contributed by atoms with Crippen molar-refractivity contribution in [1.29, 1.82) is 0 Å². The number of nitrogens with one attached hydrogen (secondary N) is 1. The van der Waals surface area contributed by atoms with Gasteiger partial charge in [-0.3, -0.25) is 0 Å². The van der Waals surface area contributed by atoms with Gasteiger partial charge in [0.05, 0.1) is 5.69 Å². The molecule has 0 saturated carbocycles. The van der Waals surface area contributed by atoms with E-state index in [1.165, 1.54) is 0 Å². The summed E-state index contributed by atoms with van der Waals surface area (Å²) < 4.78 is 2.13. The van der Waals surface area contributed by atoms with Crippen molar-refractivity contribution >= 4 is 5.95 Å².